The fourth-order valence-corrected chi connectivity index (χ4v) is 5.02. The lowest BCUT2D eigenvalue weighted by Gasteiger charge is -2.14. The van der Waals surface area contributed by atoms with Gasteiger partial charge in [0.2, 0.25) is 17.2 Å². The highest BCUT2D eigenvalue weighted by Gasteiger charge is 2.31. The molecule has 0 amide bonds. The van der Waals surface area contributed by atoms with Crippen LogP contribution in [0.2, 0.25) is 0 Å². The molecule has 148 valence electrons. The third kappa shape index (κ3) is 3.93. The molecule has 0 unspecified atom stereocenters. The van der Waals surface area contributed by atoms with Crippen LogP contribution >= 0.6 is 23.5 Å². The lowest BCUT2D eigenvalue weighted by atomic mass is 10.0. The van der Waals surface area contributed by atoms with Gasteiger partial charge in [-0.2, -0.15) is 0 Å². The number of hydrogen-bond acceptors (Lipinski definition) is 3. The zero-order chi connectivity index (χ0) is 20.9. The molecule has 0 saturated carbocycles. The maximum absolute atomic E-state index is 13.6. The fraction of sp³-hybridized carbons (Fsp3) is 0.0769. The Bertz CT molecular complexity index is 1160. The highest BCUT2D eigenvalue weighted by atomic mass is 32.2. The van der Waals surface area contributed by atoms with Crippen LogP contribution in [0.15, 0.2) is 107 Å². The van der Waals surface area contributed by atoms with E-state index >= 15 is 0 Å². The largest absolute Gasteiger partial charge is 0.288 e. The summed E-state index contributed by atoms with van der Waals surface area (Å²) >= 11 is 3.22. The Balaban J connectivity index is 2.06. The molecule has 30 heavy (non-hydrogen) atoms. The Morgan fingerprint density at radius 1 is 0.733 bits per heavy atom. The summed E-state index contributed by atoms with van der Waals surface area (Å²) in [5.41, 5.74) is 4.68. The molecular weight excluding hydrogens is 406 g/mol. The standard InChI is InChI=1S/C26H22NOS2/c1-29-23-18-22(19-12-6-3-7-13-19)27(21-16-10-5-11-17-21)26(30-2)24(23)25(28)20-14-8-4-9-15-20/h3-18H,1-2H3/q+1. The van der Waals surface area contributed by atoms with Crippen molar-refractivity contribution < 1.29 is 9.36 Å². The average Bonchev–Trinajstić information content (AvgIpc) is 2.83. The molecule has 4 rings (SSSR count). The summed E-state index contributed by atoms with van der Waals surface area (Å²) in [5, 5.41) is 0.945. The Morgan fingerprint density at radius 2 is 1.30 bits per heavy atom. The molecule has 0 atom stereocenters. The van der Waals surface area contributed by atoms with Crippen LogP contribution in [-0.4, -0.2) is 18.3 Å². The van der Waals surface area contributed by atoms with Crippen LogP contribution in [0.1, 0.15) is 15.9 Å². The number of pyridine rings is 1. The van der Waals surface area contributed by atoms with Crippen molar-refractivity contribution in [1.29, 1.82) is 0 Å². The fourth-order valence-electron chi connectivity index (χ4n) is 3.54. The van der Waals surface area contributed by atoms with E-state index in [0.717, 1.165) is 32.4 Å². The smallest absolute Gasteiger partial charge is 0.258 e. The molecule has 4 heteroatoms. The van der Waals surface area contributed by atoms with E-state index in [4.69, 9.17) is 0 Å². The van der Waals surface area contributed by atoms with E-state index in [0.29, 0.717) is 5.56 Å². The van der Waals surface area contributed by atoms with Gasteiger partial charge in [-0.1, -0.05) is 78.5 Å². The monoisotopic (exact) mass is 428 g/mol. The van der Waals surface area contributed by atoms with Gasteiger partial charge in [-0.05, 0) is 24.6 Å². The minimum atomic E-state index is 0.0496. The summed E-state index contributed by atoms with van der Waals surface area (Å²) in [4.78, 5) is 14.6. The Hall–Kier alpha value is -2.82. The molecule has 2 nitrogen and oxygen atoms in total. The molecule has 0 spiro atoms. The van der Waals surface area contributed by atoms with Crippen LogP contribution in [-0.2, 0) is 0 Å². The van der Waals surface area contributed by atoms with Crippen LogP contribution < -0.4 is 4.57 Å². The first-order valence-corrected chi connectivity index (χ1v) is 12.1. The maximum atomic E-state index is 13.6. The molecule has 0 radical (unpaired) electrons. The Labute approximate surface area is 186 Å². The van der Waals surface area contributed by atoms with Gasteiger partial charge in [0.25, 0.3) is 5.03 Å². The zero-order valence-electron chi connectivity index (χ0n) is 16.9. The summed E-state index contributed by atoms with van der Waals surface area (Å²) in [5.74, 6) is 0.0496. The second-order valence-electron chi connectivity index (χ2n) is 6.71. The maximum Gasteiger partial charge on any atom is 0.258 e. The number of benzene rings is 3. The quantitative estimate of drug-likeness (QED) is 0.204. The first kappa shape index (κ1) is 20.5. The van der Waals surface area contributed by atoms with E-state index in [1.165, 1.54) is 0 Å². The van der Waals surface area contributed by atoms with Gasteiger partial charge in [0.1, 0.15) is 5.56 Å². The van der Waals surface area contributed by atoms with Crippen molar-refractivity contribution in [1.82, 2.24) is 0 Å². The predicted octanol–water partition coefficient (Wildman–Crippen LogP) is 6.31. The highest BCUT2D eigenvalue weighted by molar-refractivity contribution is 7.99. The molecule has 1 heterocycles. The first-order chi connectivity index (χ1) is 14.7. The lowest BCUT2D eigenvalue weighted by Crippen LogP contribution is -2.38. The van der Waals surface area contributed by atoms with Gasteiger partial charge in [-0.25, -0.2) is 0 Å². The summed E-state index contributed by atoms with van der Waals surface area (Å²) in [6.45, 7) is 0. The Morgan fingerprint density at radius 3 is 1.87 bits per heavy atom. The number of nitrogens with zero attached hydrogens (tertiary/aromatic N) is 1. The number of para-hydroxylation sites is 1. The van der Waals surface area contributed by atoms with Crippen LogP contribution in [0.25, 0.3) is 16.9 Å². The van der Waals surface area contributed by atoms with E-state index in [2.05, 4.69) is 34.9 Å². The van der Waals surface area contributed by atoms with E-state index in [1.54, 1.807) is 23.5 Å². The van der Waals surface area contributed by atoms with Gasteiger partial charge in [0.15, 0.2) is 0 Å². The topological polar surface area (TPSA) is 20.9 Å². The number of carbonyl (C=O) groups is 1. The minimum Gasteiger partial charge on any atom is -0.288 e. The van der Waals surface area contributed by atoms with Gasteiger partial charge in [0.05, 0.1) is 0 Å². The molecule has 0 saturated heterocycles. The van der Waals surface area contributed by atoms with Crippen molar-refractivity contribution in [3.05, 3.63) is 108 Å². The van der Waals surface area contributed by atoms with Crippen LogP contribution in [0.4, 0.5) is 0 Å². The third-order valence-corrected chi connectivity index (χ3v) is 6.47. The van der Waals surface area contributed by atoms with Gasteiger partial charge >= 0.3 is 0 Å². The van der Waals surface area contributed by atoms with E-state index in [1.807, 2.05) is 79.2 Å². The Kier molecular flexibility index (Phi) is 6.36. The van der Waals surface area contributed by atoms with Crippen molar-refractivity contribution in [3.8, 4) is 16.9 Å². The van der Waals surface area contributed by atoms with E-state index in [-0.39, 0.29) is 5.78 Å². The van der Waals surface area contributed by atoms with Gasteiger partial charge in [-0.3, -0.25) is 4.79 Å². The molecule has 0 aliphatic rings. The summed E-state index contributed by atoms with van der Waals surface area (Å²) in [6.07, 6.45) is 4.07. The van der Waals surface area contributed by atoms with Crippen molar-refractivity contribution in [2.75, 3.05) is 12.5 Å². The molecule has 3 aromatic carbocycles. The van der Waals surface area contributed by atoms with Crippen LogP contribution in [0.5, 0.6) is 0 Å². The number of hydrogen-bond donors (Lipinski definition) is 0. The van der Waals surface area contributed by atoms with Crippen LogP contribution in [0, 0.1) is 0 Å². The zero-order valence-corrected chi connectivity index (χ0v) is 18.5. The van der Waals surface area contributed by atoms with Crippen LogP contribution in [0.3, 0.4) is 0 Å². The predicted molar refractivity (Wildman–Crippen MR) is 127 cm³/mol. The second kappa shape index (κ2) is 9.33. The molecule has 0 N–H and O–H groups in total. The summed E-state index contributed by atoms with van der Waals surface area (Å²) < 4.78 is 2.20. The van der Waals surface area contributed by atoms with Crippen molar-refractivity contribution in [2.45, 2.75) is 9.92 Å². The third-order valence-electron chi connectivity index (χ3n) is 4.93. The number of ketones is 1. The van der Waals surface area contributed by atoms with Crippen molar-refractivity contribution in [2.24, 2.45) is 0 Å². The normalized spacial score (nSPS) is 10.7. The summed E-state index contributed by atoms with van der Waals surface area (Å²) in [6, 6.07) is 32.2. The van der Waals surface area contributed by atoms with E-state index < -0.39 is 0 Å². The molecule has 0 fully saturated rings. The van der Waals surface area contributed by atoms with Crippen molar-refractivity contribution in [3.63, 3.8) is 0 Å². The lowest BCUT2D eigenvalue weighted by molar-refractivity contribution is -0.625. The molecule has 0 aliphatic heterocycles. The first-order valence-electron chi connectivity index (χ1n) is 9.66. The number of thioether (sulfide) groups is 2. The number of rotatable bonds is 6. The van der Waals surface area contributed by atoms with E-state index in [9.17, 15) is 4.79 Å². The van der Waals surface area contributed by atoms with Gasteiger partial charge in [0, 0.05) is 34.2 Å². The van der Waals surface area contributed by atoms with Crippen molar-refractivity contribution >= 4 is 29.3 Å². The summed E-state index contributed by atoms with van der Waals surface area (Å²) in [7, 11) is 0. The molecule has 1 aromatic heterocycles. The average molecular weight is 429 g/mol. The molecule has 0 bridgehead atoms. The van der Waals surface area contributed by atoms with Gasteiger partial charge < -0.3 is 0 Å². The second-order valence-corrected chi connectivity index (χ2v) is 8.36. The molecule has 4 aromatic rings. The van der Waals surface area contributed by atoms with Gasteiger partial charge in [-0.15, -0.1) is 16.3 Å². The molecule has 0 aliphatic carbocycles. The number of aromatic nitrogens is 1. The minimum absolute atomic E-state index is 0.0496. The molecular formula is C26H22NOS2+. The SMILES string of the molecule is CSc1cc(-c2ccccc2)[n+](-c2ccccc2)c(SC)c1C(=O)c1ccccc1. The number of carbonyl (C=O) groups excluding carboxylic acids is 1. The highest BCUT2D eigenvalue weighted by Crippen LogP contribution is 2.34.